The van der Waals surface area contributed by atoms with Crippen molar-refractivity contribution in [3.63, 3.8) is 0 Å². The van der Waals surface area contributed by atoms with Crippen LogP contribution in [-0.2, 0) is 0 Å². The largest absolute Gasteiger partial charge is 0.378 e. The molecule has 0 heterocycles. The summed E-state index contributed by atoms with van der Waals surface area (Å²) in [6, 6.07) is 10.1. The predicted octanol–water partition coefficient (Wildman–Crippen LogP) is 3.20. The summed E-state index contributed by atoms with van der Waals surface area (Å²) in [7, 11) is 4.15. The summed E-state index contributed by atoms with van der Waals surface area (Å²) in [6.45, 7) is 4.54. The molecule has 1 aromatic carbocycles. The molecule has 1 aromatic rings. The highest BCUT2D eigenvalue weighted by Gasteiger charge is 2.35. The molecule has 0 aliphatic heterocycles. The molecule has 0 aromatic heterocycles. The van der Waals surface area contributed by atoms with Gasteiger partial charge in [-0.05, 0) is 37.0 Å². The van der Waals surface area contributed by atoms with E-state index in [1.807, 2.05) is 0 Å². The van der Waals surface area contributed by atoms with E-state index < -0.39 is 0 Å². The predicted molar refractivity (Wildman–Crippen MR) is 74.5 cm³/mol. The van der Waals surface area contributed by atoms with E-state index in [0.29, 0.717) is 6.04 Å². The molecule has 3 unspecified atom stereocenters. The molecule has 2 rings (SSSR count). The maximum atomic E-state index is 3.71. The molecule has 94 valence electrons. The average Bonchev–Trinajstić information content (AvgIpc) is 3.07. The second-order valence-corrected chi connectivity index (χ2v) is 5.38. The fourth-order valence-corrected chi connectivity index (χ4v) is 2.38. The van der Waals surface area contributed by atoms with Gasteiger partial charge in [0, 0.05) is 31.9 Å². The normalized spacial score (nSPS) is 24.5. The zero-order valence-electron chi connectivity index (χ0n) is 11.4. The summed E-state index contributed by atoms with van der Waals surface area (Å²) >= 11 is 0. The number of hydrogen-bond acceptors (Lipinski definition) is 2. The van der Waals surface area contributed by atoms with Crippen LogP contribution < -0.4 is 10.2 Å². The van der Waals surface area contributed by atoms with Gasteiger partial charge < -0.3 is 10.2 Å². The first-order valence-corrected chi connectivity index (χ1v) is 6.65. The number of hydrogen-bond donors (Lipinski definition) is 1. The van der Waals surface area contributed by atoms with Gasteiger partial charge in [0.25, 0.3) is 0 Å². The third kappa shape index (κ3) is 3.01. The average molecular weight is 232 g/mol. The van der Waals surface area contributed by atoms with Crippen LogP contribution in [0.3, 0.4) is 0 Å². The van der Waals surface area contributed by atoms with E-state index in [1.165, 1.54) is 24.1 Å². The van der Waals surface area contributed by atoms with Crippen molar-refractivity contribution < 1.29 is 0 Å². The Morgan fingerprint density at radius 3 is 2.41 bits per heavy atom. The van der Waals surface area contributed by atoms with Gasteiger partial charge in [-0.3, -0.25) is 0 Å². The molecule has 0 spiro atoms. The van der Waals surface area contributed by atoms with Crippen LogP contribution in [0.5, 0.6) is 0 Å². The van der Waals surface area contributed by atoms with Crippen LogP contribution >= 0.6 is 0 Å². The lowest BCUT2D eigenvalue weighted by molar-refractivity contribution is 0.539. The molecule has 3 atom stereocenters. The number of anilines is 1. The topological polar surface area (TPSA) is 15.3 Å². The van der Waals surface area contributed by atoms with Gasteiger partial charge >= 0.3 is 0 Å². The lowest BCUT2D eigenvalue weighted by Gasteiger charge is -2.17. The second-order valence-electron chi connectivity index (χ2n) is 5.38. The van der Waals surface area contributed by atoms with Gasteiger partial charge in [0.2, 0.25) is 0 Å². The Kier molecular flexibility index (Phi) is 3.72. The molecule has 2 heteroatoms. The van der Waals surface area contributed by atoms with Crippen molar-refractivity contribution in [2.45, 2.75) is 38.8 Å². The lowest BCUT2D eigenvalue weighted by Crippen LogP contribution is -2.22. The standard InChI is InChI=1S/C15H24N2/c1-5-12-10-15(12)16-11(2)13-6-8-14(9-7-13)17(3)4/h6-9,11-12,15-16H,5,10H2,1-4H3. The summed E-state index contributed by atoms with van der Waals surface area (Å²) in [5.74, 6) is 0.915. The smallest absolute Gasteiger partial charge is 0.0361 e. The van der Waals surface area contributed by atoms with Crippen molar-refractivity contribution in [2.24, 2.45) is 5.92 Å². The Bertz CT molecular complexity index is 356. The molecular formula is C15H24N2. The second kappa shape index (κ2) is 5.09. The van der Waals surface area contributed by atoms with Crippen molar-refractivity contribution in [2.75, 3.05) is 19.0 Å². The lowest BCUT2D eigenvalue weighted by atomic mass is 10.1. The third-order valence-corrected chi connectivity index (χ3v) is 3.82. The number of nitrogens with one attached hydrogen (secondary N) is 1. The third-order valence-electron chi connectivity index (χ3n) is 3.82. The Balaban J connectivity index is 1.93. The number of benzene rings is 1. The van der Waals surface area contributed by atoms with Gasteiger partial charge in [-0.15, -0.1) is 0 Å². The van der Waals surface area contributed by atoms with Gasteiger partial charge in [-0.25, -0.2) is 0 Å². The first-order chi connectivity index (χ1) is 8.11. The molecule has 1 aliphatic carbocycles. The molecule has 0 bridgehead atoms. The van der Waals surface area contributed by atoms with Crippen molar-refractivity contribution in [3.05, 3.63) is 29.8 Å². The molecule has 1 N–H and O–H groups in total. The van der Waals surface area contributed by atoms with Gasteiger partial charge in [0.1, 0.15) is 0 Å². The Morgan fingerprint density at radius 1 is 1.29 bits per heavy atom. The minimum atomic E-state index is 0.466. The Morgan fingerprint density at radius 2 is 1.94 bits per heavy atom. The minimum Gasteiger partial charge on any atom is -0.378 e. The van der Waals surface area contributed by atoms with Crippen LogP contribution in [-0.4, -0.2) is 20.1 Å². The summed E-state index contributed by atoms with van der Waals surface area (Å²) in [5, 5.41) is 3.71. The maximum Gasteiger partial charge on any atom is 0.0361 e. The van der Waals surface area contributed by atoms with Gasteiger partial charge in [0.15, 0.2) is 0 Å². The van der Waals surface area contributed by atoms with Gasteiger partial charge in [-0.1, -0.05) is 25.5 Å². The molecule has 1 fully saturated rings. The first kappa shape index (κ1) is 12.4. The summed E-state index contributed by atoms with van der Waals surface area (Å²) < 4.78 is 0. The highest BCUT2D eigenvalue weighted by atomic mass is 15.1. The van der Waals surface area contributed by atoms with Crippen molar-refractivity contribution in [1.82, 2.24) is 5.32 Å². The van der Waals surface area contributed by atoms with E-state index in [2.05, 4.69) is 62.4 Å². The molecule has 0 radical (unpaired) electrons. The zero-order chi connectivity index (χ0) is 12.4. The van der Waals surface area contributed by atoms with Crippen molar-refractivity contribution in [1.29, 1.82) is 0 Å². The zero-order valence-corrected chi connectivity index (χ0v) is 11.4. The quantitative estimate of drug-likeness (QED) is 0.838. The highest BCUT2D eigenvalue weighted by Crippen LogP contribution is 2.35. The van der Waals surface area contributed by atoms with Crippen LogP contribution in [0.15, 0.2) is 24.3 Å². The van der Waals surface area contributed by atoms with E-state index in [4.69, 9.17) is 0 Å². The molecule has 1 saturated carbocycles. The van der Waals surface area contributed by atoms with E-state index in [1.54, 1.807) is 0 Å². The number of rotatable bonds is 5. The minimum absolute atomic E-state index is 0.466. The van der Waals surface area contributed by atoms with Crippen molar-refractivity contribution in [3.8, 4) is 0 Å². The van der Waals surface area contributed by atoms with Crippen LogP contribution in [0.1, 0.15) is 38.3 Å². The summed E-state index contributed by atoms with van der Waals surface area (Å²) in [4.78, 5) is 2.13. The Hall–Kier alpha value is -1.02. The fourth-order valence-electron chi connectivity index (χ4n) is 2.38. The molecule has 2 nitrogen and oxygen atoms in total. The fraction of sp³-hybridized carbons (Fsp3) is 0.600. The summed E-state index contributed by atoms with van der Waals surface area (Å²) in [6.07, 6.45) is 2.67. The van der Waals surface area contributed by atoms with E-state index in [9.17, 15) is 0 Å². The van der Waals surface area contributed by atoms with Crippen molar-refractivity contribution >= 4 is 5.69 Å². The monoisotopic (exact) mass is 232 g/mol. The highest BCUT2D eigenvalue weighted by molar-refractivity contribution is 5.46. The SMILES string of the molecule is CCC1CC1NC(C)c1ccc(N(C)C)cc1. The molecule has 0 amide bonds. The van der Waals surface area contributed by atoms with Crippen LogP contribution in [0.4, 0.5) is 5.69 Å². The van der Waals surface area contributed by atoms with Crippen LogP contribution in [0.25, 0.3) is 0 Å². The van der Waals surface area contributed by atoms with E-state index in [-0.39, 0.29) is 0 Å². The molecule has 0 saturated heterocycles. The van der Waals surface area contributed by atoms with Gasteiger partial charge in [0.05, 0.1) is 0 Å². The Labute approximate surface area is 105 Å². The molecular weight excluding hydrogens is 208 g/mol. The molecule has 1 aliphatic rings. The van der Waals surface area contributed by atoms with E-state index >= 15 is 0 Å². The van der Waals surface area contributed by atoms with Crippen LogP contribution in [0, 0.1) is 5.92 Å². The van der Waals surface area contributed by atoms with Gasteiger partial charge in [-0.2, -0.15) is 0 Å². The summed E-state index contributed by atoms with van der Waals surface area (Å²) in [5.41, 5.74) is 2.65. The first-order valence-electron chi connectivity index (χ1n) is 6.65. The van der Waals surface area contributed by atoms with Crippen LogP contribution in [0.2, 0.25) is 0 Å². The number of nitrogens with zero attached hydrogens (tertiary/aromatic N) is 1. The van der Waals surface area contributed by atoms with E-state index in [0.717, 1.165) is 12.0 Å². The maximum absolute atomic E-state index is 3.71. The molecule has 17 heavy (non-hydrogen) atoms.